The first kappa shape index (κ1) is 25.5. The van der Waals surface area contributed by atoms with Gasteiger partial charge in [-0.05, 0) is 79.1 Å². The lowest BCUT2D eigenvalue weighted by Gasteiger charge is -2.26. The highest BCUT2D eigenvalue weighted by atomic mass is 35.5. The van der Waals surface area contributed by atoms with Gasteiger partial charge in [0.05, 0.1) is 26.7 Å². The Labute approximate surface area is 217 Å². The third-order valence-corrected chi connectivity index (χ3v) is 8.86. The highest BCUT2D eigenvalue weighted by Crippen LogP contribution is 2.31. The highest BCUT2D eigenvalue weighted by Gasteiger charge is 2.28. The molecule has 1 aliphatic carbocycles. The van der Waals surface area contributed by atoms with Crippen molar-refractivity contribution in [3.63, 3.8) is 0 Å². The first-order chi connectivity index (χ1) is 16.8. The summed E-state index contributed by atoms with van der Waals surface area (Å²) < 4.78 is 28.1. The molecule has 0 spiro atoms. The van der Waals surface area contributed by atoms with E-state index in [1.807, 2.05) is 6.92 Å². The first-order valence-corrected chi connectivity index (χ1v) is 13.9. The molecule has 0 saturated heterocycles. The zero-order chi connectivity index (χ0) is 25.0. The Morgan fingerprint density at radius 2 is 1.66 bits per heavy atom. The van der Waals surface area contributed by atoms with Crippen molar-refractivity contribution in [1.29, 1.82) is 0 Å². The molecule has 0 radical (unpaired) electrons. The van der Waals surface area contributed by atoms with Crippen LogP contribution in [0.5, 0.6) is 0 Å². The van der Waals surface area contributed by atoms with Gasteiger partial charge in [-0.15, -0.1) is 0 Å². The van der Waals surface area contributed by atoms with Gasteiger partial charge in [0, 0.05) is 0 Å². The Kier molecular flexibility index (Phi) is 8.05. The molecule has 5 nitrogen and oxygen atoms in total. The van der Waals surface area contributed by atoms with Gasteiger partial charge in [-0.2, -0.15) is 0 Å². The van der Waals surface area contributed by atoms with Crippen molar-refractivity contribution in [2.45, 2.75) is 50.0 Å². The maximum absolute atomic E-state index is 13.5. The molecular weight excluding hydrogens is 503 g/mol. The Hall–Kier alpha value is -2.54. The van der Waals surface area contributed by atoms with Crippen LogP contribution >= 0.6 is 23.2 Å². The van der Waals surface area contributed by atoms with Crippen LogP contribution in [0.1, 0.15) is 48.9 Å². The predicted octanol–water partition coefficient (Wildman–Crippen LogP) is 6.34. The molecule has 1 aliphatic rings. The average Bonchev–Trinajstić information content (AvgIpc) is 2.87. The van der Waals surface area contributed by atoms with Crippen LogP contribution in [0.15, 0.2) is 71.6 Å². The van der Waals surface area contributed by atoms with Gasteiger partial charge in [-0.1, -0.05) is 66.5 Å². The second-order valence-electron chi connectivity index (χ2n) is 8.69. The SMILES string of the molecule is CC[C@@H](NC(=O)CN(c1ccc(Cl)c(Cl)c1)S(=O)(=O)c1ccccc1)c1ccc2c(c1)CCCC2. The van der Waals surface area contributed by atoms with Crippen molar-refractivity contribution in [2.75, 3.05) is 10.8 Å². The minimum absolute atomic E-state index is 0.0839. The molecule has 1 atom stereocenters. The van der Waals surface area contributed by atoms with Crippen molar-refractivity contribution in [3.05, 3.63) is 93.5 Å². The monoisotopic (exact) mass is 530 g/mol. The van der Waals surface area contributed by atoms with Gasteiger partial charge in [0.1, 0.15) is 6.54 Å². The summed E-state index contributed by atoms with van der Waals surface area (Å²) in [4.78, 5) is 13.3. The zero-order valence-corrected chi connectivity index (χ0v) is 21.8. The maximum Gasteiger partial charge on any atom is 0.264 e. The third-order valence-electron chi connectivity index (χ3n) is 6.33. The van der Waals surface area contributed by atoms with E-state index in [2.05, 4.69) is 23.5 Å². The fraction of sp³-hybridized carbons (Fsp3) is 0.296. The van der Waals surface area contributed by atoms with Gasteiger partial charge < -0.3 is 5.32 Å². The molecule has 1 amide bonds. The number of nitrogens with one attached hydrogen (secondary N) is 1. The summed E-state index contributed by atoms with van der Waals surface area (Å²) in [5.41, 5.74) is 4.01. The number of halogens is 2. The fourth-order valence-electron chi connectivity index (χ4n) is 4.44. The van der Waals surface area contributed by atoms with Gasteiger partial charge in [0.15, 0.2) is 0 Å². The molecule has 35 heavy (non-hydrogen) atoms. The molecule has 4 rings (SSSR count). The summed E-state index contributed by atoms with van der Waals surface area (Å²) in [6, 6.07) is 18.7. The van der Waals surface area contributed by atoms with Crippen molar-refractivity contribution >= 4 is 44.8 Å². The quantitative estimate of drug-likeness (QED) is 0.369. The molecule has 3 aromatic rings. The Morgan fingerprint density at radius 3 is 2.34 bits per heavy atom. The van der Waals surface area contributed by atoms with E-state index in [4.69, 9.17) is 23.2 Å². The lowest BCUT2D eigenvalue weighted by atomic mass is 9.89. The van der Waals surface area contributed by atoms with E-state index in [-0.39, 0.29) is 21.6 Å². The van der Waals surface area contributed by atoms with Crippen LogP contribution in [-0.4, -0.2) is 20.9 Å². The van der Waals surface area contributed by atoms with E-state index >= 15 is 0 Å². The molecule has 1 N–H and O–H groups in total. The Bertz CT molecular complexity index is 1310. The molecule has 0 bridgehead atoms. The van der Waals surface area contributed by atoms with E-state index in [9.17, 15) is 13.2 Å². The topological polar surface area (TPSA) is 66.5 Å². The van der Waals surface area contributed by atoms with Gasteiger partial charge in [0.25, 0.3) is 10.0 Å². The summed E-state index contributed by atoms with van der Waals surface area (Å²) in [7, 11) is -4.03. The largest absolute Gasteiger partial charge is 0.348 e. The molecule has 0 aliphatic heterocycles. The van der Waals surface area contributed by atoms with Crippen LogP contribution in [0.4, 0.5) is 5.69 Å². The molecule has 0 unspecified atom stereocenters. The number of amides is 1. The summed E-state index contributed by atoms with van der Waals surface area (Å²) in [5, 5.41) is 3.54. The summed E-state index contributed by atoms with van der Waals surface area (Å²) in [5.74, 6) is -0.403. The van der Waals surface area contributed by atoms with Crippen LogP contribution in [0.25, 0.3) is 0 Å². The van der Waals surface area contributed by atoms with Crippen LogP contribution < -0.4 is 9.62 Å². The number of sulfonamides is 1. The minimum Gasteiger partial charge on any atom is -0.348 e. The van der Waals surface area contributed by atoms with Crippen molar-refractivity contribution < 1.29 is 13.2 Å². The van der Waals surface area contributed by atoms with Crippen LogP contribution in [0, 0.1) is 0 Å². The van der Waals surface area contributed by atoms with Crippen molar-refractivity contribution in [3.8, 4) is 0 Å². The predicted molar refractivity (Wildman–Crippen MR) is 142 cm³/mol. The summed E-state index contributed by atoms with van der Waals surface area (Å²) in [6.45, 7) is 1.61. The number of rotatable bonds is 8. The molecule has 3 aromatic carbocycles. The number of benzene rings is 3. The maximum atomic E-state index is 13.5. The van der Waals surface area contributed by atoms with Gasteiger partial charge in [-0.25, -0.2) is 8.42 Å². The summed E-state index contributed by atoms with van der Waals surface area (Å²) >= 11 is 12.2. The average molecular weight is 532 g/mol. The second-order valence-corrected chi connectivity index (χ2v) is 11.4. The molecular formula is C27H28Cl2N2O3S. The van der Waals surface area contributed by atoms with E-state index in [1.165, 1.54) is 48.2 Å². The van der Waals surface area contributed by atoms with Crippen LogP contribution in [-0.2, 0) is 27.7 Å². The number of hydrogen-bond donors (Lipinski definition) is 1. The van der Waals surface area contributed by atoms with Crippen molar-refractivity contribution in [2.24, 2.45) is 0 Å². The lowest BCUT2D eigenvalue weighted by Crippen LogP contribution is -2.42. The molecule has 0 heterocycles. The standard InChI is InChI=1S/C27H28Cl2N2O3S/c1-2-26(21-13-12-19-8-6-7-9-20(19)16-21)30-27(32)18-31(22-14-15-24(28)25(29)17-22)35(33,34)23-10-4-3-5-11-23/h3-5,10-17,26H,2,6-9,18H2,1H3,(H,30,32)/t26-/m1/s1. The van der Waals surface area contributed by atoms with E-state index in [0.29, 0.717) is 11.4 Å². The Morgan fingerprint density at radius 1 is 0.943 bits per heavy atom. The zero-order valence-electron chi connectivity index (χ0n) is 19.5. The van der Waals surface area contributed by atoms with Crippen LogP contribution in [0.2, 0.25) is 10.0 Å². The molecule has 0 fully saturated rings. The van der Waals surface area contributed by atoms with E-state index in [0.717, 1.165) is 22.7 Å². The van der Waals surface area contributed by atoms with Gasteiger partial charge in [-0.3, -0.25) is 9.10 Å². The molecule has 8 heteroatoms. The molecule has 184 valence electrons. The fourth-order valence-corrected chi connectivity index (χ4v) is 6.16. The smallest absolute Gasteiger partial charge is 0.264 e. The number of hydrogen-bond acceptors (Lipinski definition) is 3. The van der Waals surface area contributed by atoms with E-state index in [1.54, 1.807) is 24.3 Å². The first-order valence-electron chi connectivity index (χ1n) is 11.7. The van der Waals surface area contributed by atoms with Crippen LogP contribution in [0.3, 0.4) is 0 Å². The van der Waals surface area contributed by atoms with Gasteiger partial charge >= 0.3 is 0 Å². The molecule has 0 saturated carbocycles. The number of fused-ring (bicyclic) bond motifs is 1. The highest BCUT2D eigenvalue weighted by molar-refractivity contribution is 7.92. The number of nitrogens with zero attached hydrogens (tertiary/aromatic N) is 1. The van der Waals surface area contributed by atoms with E-state index < -0.39 is 22.5 Å². The summed E-state index contributed by atoms with van der Waals surface area (Å²) in [6.07, 6.45) is 5.21. The number of aryl methyl sites for hydroxylation is 2. The minimum atomic E-state index is -4.03. The Balaban J connectivity index is 1.61. The number of carbonyl (C=O) groups is 1. The third kappa shape index (κ3) is 5.83. The molecule has 0 aromatic heterocycles. The van der Waals surface area contributed by atoms with Crippen molar-refractivity contribution in [1.82, 2.24) is 5.32 Å². The number of carbonyl (C=O) groups excluding carboxylic acids is 1. The normalized spacial score (nSPS) is 14.1. The lowest BCUT2D eigenvalue weighted by molar-refractivity contribution is -0.120. The van der Waals surface area contributed by atoms with Gasteiger partial charge in [0.2, 0.25) is 5.91 Å². The number of anilines is 1. The second kappa shape index (κ2) is 11.0.